The Morgan fingerprint density at radius 3 is 0.706 bits per heavy atom. The maximum Gasteiger partial charge on any atom is 0.510 e. The molecule has 0 amide bonds. The minimum Gasteiger partial charge on any atom is -0.356 e. The summed E-state index contributed by atoms with van der Waals surface area (Å²) in [6.07, 6.45) is 0.945. The van der Waals surface area contributed by atoms with Crippen LogP contribution in [0.4, 0.5) is 0 Å². The second-order valence-corrected chi connectivity index (χ2v) is 22.4. The van der Waals surface area contributed by atoms with Crippen molar-refractivity contribution in [1.82, 2.24) is 0 Å². The van der Waals surface area contributed by atoms with Crippen molar-refractivity contribution in [2.45, 2.75) is 261 Å². The zero-order chi connectivity index (χ0) is 51.9. The first-order valence-electron chi connectivity index (χ1n) is 24.8. The van der Waals surface area contributed by atoms with Gasteiger partial charge in [0.2, 0.25) is 0 Å². The fourth-order valence-corrected chi connectivity index (χ4v) is 14.1. The largest absolute Gasteiger partial charge is 0.510 e. The summed E-state index contributed by atoms with van der Waals surface area (Å²) >= 11 is 0. The van der Waals surface area contributed by atoms with Gasteiger partial charge in [-0.05, 0) is 122 Å². The number of hydrogen-bond acceptors (Lipinski definition) is 19. The summed E-state index contributed by atoms with van der Waals surface area (Å²) in [5, 5.41) is 0. The van der Waals surface area contributed by atoms with Gasteiger partial charge >= 0.3 is 17.6 Å². The third-order valence-electron chi connectivity index (χ3n) is 11.3. The third kappa shape index (κ3) is 28.6. The number of methoxy groups -OCH3 is 6. The van der Waals surface area contributed by atoms with Gasteiger partial charge in [0, 0.05) is 66.6 Å². The topological polar surface area (TPSA) is 183 Å². The van der Waals surface area contributed by atoms with Crippen molar-refractivity contribution in [2.75, 3.05) is 42.7 Å². The Kier molecular flexibility index (Phi) is 37.7. The summed E-state index contributed by atoms with van der Waals surface area (Å²) in [5.74, 6) is 0.242. The summed E-state index contributed by atoms with van der Waals surface area (Å²) in [7, 11) is 1.98. The van der Waals surface area contributed by atoms with Crippen molar-refractivity contribution in [3.8, 4) is 0 Å². The second-order valence-electron chi connectivity index (χ2n) is 16.9. The molecule has 0 spiro atoms. The molecule has 0 bridgehead atoms. The van der Waals surface area contributed by atoms with Gasteiger partial charge in [0.1, 0.15) is 5.78 Å². The molecule has 0 N–H and O–H groups in total. The molecule has 408 valence electrons. The first kappa shape index (κ1) is 67.4. The van der Waals surface area contributed by atoms with Gasteiger partial charge in [-0.1, -0.05) is 39.5 Å². The van der Waals surface area contributed by atoms with Crippen LogP contribution in [-0.4, -0.2) is 142 Å². The standard InChI is InChI=1S/C47H98O19Si2/c1-21-46(67(61-39(9)55-33(3)49-15,62-40(10)56-34(4)50-16)63-41(11)57-35(5)51-17)31-27-23-25-29-45(48)30-26-24-28-32-47(22-2)68(64-42(12)58-36(6)52-18,65-43(13)59-37(7)53-19)66-44(14)60-38(8)54-20/h33-44,46-47H,21-32H2,1-20H3. The molecular weight excluding hydrogens is 925 g/mol. The smallest absolute Gasteiger partial charge is 0.356 e. The SMILES string of the molecule is CCC(CCCCCC(=O)CCCCCC(CC)[Si](OC(C)OC(C)OC)(OC(C)OC(C)OC)OC(C)OC(C)OC)[Si](OC(C)OC(C)OC)(OC(C)OC(C)OC)OC(C)OC(C)OC. The summed E-state index contributed by atoms with van der Waals surface area (Å²) in [5.41, 5.74) is -0.326. The van der Waals surface area contributed by atoms with Crippen molar-refractivity contribution in [3.63, 3.8) is 0 Å². The van der Waals surface area contributed by atoms with E-state index < -0.39 is 93.1 Å². The summed E-state index contributed by atoms with van der Waals surface area (Å²) in [6.45, 7) is 25.6. The highest BCUT2D eigenvalue weighted by Gasteiger charge is 2.54. The molecule has 68 heavy (non-hydrogen) atoms. The fourth-order valence-electron chi connectivity index (χ4n) is 7.42. The third-order valence-corrected chi connectivity index (χ3v) is 18.6. The quantitative estimate of drug-likeness (QED) is 0.0318. The average Bonchev–Trinajstić information content (AvgIpc) is 3.27. The van der Waals surface area contributed by atoms with E-state index in [0.717, 1.165) is 38.5 Å². The van der Waals surface area contributed by atoms with Gasteiger partial charge in [0.15, 0.2) is 75.5 Å². The van der Waals surface area contributed by atoms with Gasteiger partial charge in [-0.3, -0.25) is 4.79 Å². The number of ether oxygens (including phenoxy) is 12. The number of rotatable bonds is 46. The van der Waals surface area contributed by atoms with E-state index in [2.05, 4.69) is 13.8 Å². The van der Waals surface area contributed by atoms with Crippen molar-refractivity contribution in [1.29, 1.82) is 0 Å². The van der Waals surface area contributed by atoms with Crippen molar-refractivity contribution in [2.24, 2.45) is 0 Å². The van der Waals surface area contributed by atoms with Crippen LogP contribution in [0.2, 0.25) is 11.1 Å². The van der Waals surface area contributed by atoms with E-state index in [1.165, 1.54) is 0 Å². The van der Waals surface area contributed by atoms with E-state index in [9.17, 15) is 4.79 Å². The first-order chi connectivity index (χ1) is 32.1. The van der Waals surface area contributed by atoms with Gasteiger partial charge in [0.05, 0.1) is 0 Å². The molecule has 0 aliphatic heterocycles. The summed E-state index contributed by atoms with van der Waals surface area (Å²) in [4.78, 5) is 13.2. The van der Waals surface area contributed by atoms with Gasteiger partial charge in [-0.25, -0.2) is 0 Å². The van der Waals surface area contributed by atoms with Gasteiger partial charge < -0.3 is 83.4 Å². The average molecular weight is 1020 g/mol. The lowest BCUT2D eigenvalue weighted by Gasteiger charge is -2.41. The van der Waals surface area contributed by atoms with Gasteiger partial charge in [-0.15, -0.1) is 0 Å². The molecule has 0 aromatic carbocycles. The molecule has 0 aliphatic rings. The number of carbonyl (C=O) groups excluding carboxylic acids is 1. The van der Waals surface area contributed by atoms with Gasteiger partial charge in [0.25, 0.3) is 0 Å². The van der Waals surface area contributed by atoms with Crippen LogP contribution in [0.5, 0.6) is 0 Å². The number of unbranched alkanes of at least 4 members (excludes halogenated alkanes) is 4. The lowest BCUT2D eigenvalue weighted by atomic mass is 10.0. The molecule has 14 unspecified atom stereocenters. The predicted molar refractivity (Wildman–Crippen MR) is 259 cm³/mol. The number of carbonyl (C=O) groups is 1. The Morgan fingerprint density at radius 2 is 0.529 bits per heavy atom. The number of ketones is 1. The lowest BCUT2D eigenvalue weighted by molar-refractivity contribution is -0.255. The molecule has 0 saturated carbocycles. The Morgan fingerprint density at radius 1 is 0.324 bits per heavy atom. The minimum atomic E-state index is -3.70. The van der Waals surface area contributed by atoms with E-state index in [0.29, 0.717) is 38.5 Å². The lowest BCUT2D eigenvalue weighted by Crippen LogP contribution is -2.56. The fraction of sp³-hybridized carbons (Fsp3) is 0.979. The van der Waals surface area contributed by atoms with Gasteiger partial charge in [-0.2, -0.15) is 0 Å². The molecule has 0 aromatic rings. The molecule has 0 saturated heterocycles. The Hall–Kier alpha value is -0.616. The number of hydrogen-bond donors (Lipinski definition) is 0. The molecule has 19 nitrogen and oxygen atoms in total. The minimum absolute atomic E-state index is 0.163. The molecule has 0 fully saturated rings. The van der Waals surface area contributed by atoms with Crippen LogP contribution in [-0.2, 0) is 88.2 Å². The Balaban J connectivity index is 5.93. The molecule has 21 heteroatoms. The van der Waals surface area contributed by atoms with E-state index in [1.54, 1.807) is 126 Å². The van der Waals surface area contributed by atoms with E-state index in [4.69, 9.17) is 83.4 Å². The maximum atomic E-state index is 13.2. The monoisotopic (exact) mass is 1020 g/mol. The van der Waals surface area contributed by atoms with Crippen LogP contribution in [0.3, 0.4) is 0 Å². The summed E-state index contributed by atoms with van der Waals surface area (Å²) < 4.78 is 108. The molecule has 14 atom stereocenters. The second kappa shape index (κ2) is 38.0. The normalized spacial score (nSPS) is 20.4. The van der Waals surface area contributed by atoms with E-state index in [1.807, 2.05) is 0 Å². The van der Waals surface area contributed by atoms with Crippen LogP contribution in [0.15, 0.2) is 0 Å². The Bertz CT molecular complexity index is 1040. The van der Waals surface area contributed by atoms with Crippen LogP contribution >= 0.6 is 0 Å². The predicted octanol–water partition coefficient (Wildman–Crippen LogP) is 10.1. The molecule has 0 aliphatic carbocycles. The van der Waals surface area contributed by atoms with Crippen molar-refractivity contribution in [3.05, 3.63) is 0 Å². The first-order valence-corrected chi connectivity index (χ1v) is 28.4. The Labute approximate surface area is 413 Å². The molecule has 0 rings (SSSR count). The highest BCUT2D eigenvalue weighted by Crippen LogP contribution is 2.39. The van der Waals surface area contributed by atoms with Crippen LogP contribution in [0.1, 0.15) is 174 Å². The number of Topliss-reactive ketones (excluding diaryl/α,β-unsaturated/α-hetero) is 1. The molecular formula is C47H98O19Si2. The zero-order valence-electron chi connectivity index (χ0n) is 45.8. The molecule has 0 radical (unpaired) electrons. The zero-order valence-corrected chi connectivity index (χ0v) is 47.8. The summed E-state index contributed by atoms with van der Waals surface area (Å²) in [6, 6.07) is 0. The molecule has 0 heterocycles. The van der Waals surface area contributed by atoms with E-state index in [-0.39, 0.29) is 16.9 Å². The van der Waals surface area contributed by atoms with Crippen molar-refractivity contribution >= 4 is 23.4 Å². The van der Waals surface area contributed by atoms with Crippen LogP contribution in [0, 0.1) is 0 Å². The maximum absolute atomic E-state index is 13.2. The van der Waals surface area contributed by atoms with E-state index >= 15 is 0 Å². The highest BCUT2D eigenvalue weighted by molar-refractivity contribution is 6.63. The molecule has 0 aromatic heterocycles. The highest BCUT2D eigenvalue weighted by atomic mass is 28.4. The van der Waals surface area contributed by atoms with Crippen LogP contribution in [0.25, 0.3) is 0 Å². The van der Waals surface area contributed by atoms with Crippen molar-refractivity contribution < 1.29 is 88.2 Å². The van der Waals surface area contributed by atoms with Crippen LogP contribution < -0.4 is 0 Å².